The molecule has 3 rings (SSSR count). The molecule has 2 amide bonds. The van der Waals surface area contributed by atoms with Gasteiger partial charge >= 0.3 is 6.03 Å². The number of nitrogens with one attached hydrogen (secondary N) is 1. The van der Waals surface area contributed by atoms with Crippen molar-refractivity contribution in [3.05, 3.63) is 28.2 Å². The number of urea groups is 1. The number of anilines is 1. The van der Waals surface area contributed by atoms with Gasteiger partial charge in [-0.25, -0.2) is 4.79 Å². The van der Waals surface area contributed by atoms with Crippen molar-refractivity contribution in [3.63, 3.8) is 0 Å². The Hall–Kier alpha value is -1.07. The number of benzene rings is 1. The molecular weight excluding hydrogens is 306 g/mol. The lowest BCUT2D eigenvalue weighted by Gasteiger charge is -2.24. The third-order valence-corrected chi connectivity index (χ3v) is 4.55. The lowest BCUT2D eigenvalue weighted by Crippen LogP contribution is -2.40. The van der Waals surface area contributed by atoms with Crippen molar-refractivity contribution in [2.45, 2.75) is 19.4 Å². The minimum atomic E-state index is 0.137. The molecule has 1 aromatic rings. The van der Waals surface area contributed by atoms with Gasteiger partial charge in [-0.3, -0.25) is 4.90 Å². The van der Waals surface area contributed by atoms with Crippen LogP contribution in [-0.2, 0) is 0 Å². The fourth-order valence-electron chi connectivity index (χ4n) is 2.85. The average molecular weight is 324 g/mol. The molecule has 2 heterocycles. The van der Waals surface area contributed by atoms with Gasteiger partial charge in [0, 0.05) is 30.1 Å². The summed E-state index contributed by atoms with van der Waals surface area (Å²) in [5.74, 6) is 0. The van der Waals surface area contributed by atoms with Crippen LogP contribution in [0.15, 0.2) is 22.7 Å². The maximum absolute atomic E-state index is 12.5. The highest BCUT2D eigenvalue weighted by molar-refractivity contribution is 9.10. The topological polar surface area (TPSA) is 35.6 Å². The quantitative estimate of drug-likeness (QED) is 0.906. The van der Waals surface area contributed by atoms with Crippen LogP contribution in [0, 0.1) is 6.92 Å². The van der Waals surface area contributed by atoms with E-state index in [1.54, 1.807) is 0 Å². The average Bonchev–Trinajstić information content (AvgIpc) is 2.99. The Morgan fingerprint density at radius 3 is 2.89 bits per heavy atom. The lowest BCUT2D eigenvalue weighted by molar-refractivity contribution is 0.205. The maximum Gasteiger partial charge on any atom is 0.324 e. The summed E-state index contributed by atoms with van der Waals surface area (Å²) in [4.78, 5) is 16.4. The first kappa shape index (κ1) is 12.9. The van der Waals surface area contributed by atoms with Gasteiger partial charge in [0.05, 0.1) is 5.69 Å². The summed E-state index contributed by atoms with van der Waals surface area (Å²) in [6.07, 6.45) is 1.06. The Labute approximate surface area is 121 Å². The SMILES string of the molecule is Cc1ccc(N2CCN(C3CCNC3)C2=O)c(Br)c1. The van der Waals surface area contributed by atoms with Crippen LogP contribution in [0.1, 0.15) is 12.0 Å². The molecule has 1 atom stereocenters. The Bertz CT molecular complexity index is 499. The lowest BCUT2D eigenvalue weighted by atomic mass is 10.2. The van der Waals surface area contributed by atoms with Gasteiger partial charge in [0.25, 0.3) is 0 Å². The summed E-state index contributed by atoms with van der Waals surface area (Å²) in [5.41, 5.74) is 2.17. The molecule has 2 saturated heterocycles. The van der Waals surface area contributed by atoms with E-state index in [1.165, 1.54) is 5.56 Å². The summed E-state index contributed by atoms with van der Waals surface area (Å²) >= 11 is 3.56. The van der Waals surface area contributed by atoms with Crippen molar-refractivity contribution >= 4 is 27.6 Å². The molecule has 0 aromatic heterocycles. The van der Waals surface area contributed by atoms with Crippen molar-refractivity contribution in [2.24, 2.45) is 0 Å². The minimum Gasteiger partial charge on any atom is -0.318 e. The van der Waals surface area contributed by atoms with Crippen molar-refractivity contribution < 1.29 is 4.79 Å². The second-order valence-electron chi connectivity index (χ2n) is 5.23. The Morgan fingerprint density at radius 2 is 2.21 bits per heavy atom. The van der Waals surface area contributed by atoms with Crippen LogP contribution >= 0.6 is 15.9 Å². The number of carbonyl (C=O) groups is 1. The van der Waals surface area contributed by atoms with Gasteiger partial charge in [0.15, 0.2) is 0 Å². The highest BCUT2D eigenvalue weighted by Gasteiger charge is 2.36. The van der Waals surface area contributed by atoms with Crippen molar-refractivity contribution in [3.8, 4) is 0 Å². The third kappa shape index (κ3) is 2.37. The van der Waals surface area contributed by atoms with E-state index >= 15 is 0 Å². The monoisotopic (exact) mass is 323 g/mol. The number of nitrogens with zero attached hydrogens (tertiary/aromatic N) is 2. The van der Waals surface area contributed by atoms with Crippen LogP contribution in [0.5, 0.6) is 0 Å². The summed E-state index contributed by atoms with van der Waals surface area (Å²) in [7, 11) is 0. The second-order valence-corrected chi connectivity index (χ2v) is 6.08. The standard InChI is InChI=1S/C14H18BrN3O/c1-10-2-3-13(12(15)8-10)18-7-6-17(14(18)19)11-4-5-16-9-11/h2-3,8,11,16H,4-7,9H2,1H3. The van der Waals surface area contributed by atoms with Crippen molar-refractivity contribution in [2.75, 3.05) is 31.1 Å². The van der Waals surface area contributed by atoms with Crippen LogP contribution in [0.2, 0.25) is 0 Å². The molecule has 0 spiro atoms. The molecule has 0 radical (unpaired) electrons. The highest BCUT2D eigenvalue weighted by Crippen LogP contribution is 2.30. The molecule has 102 valence electrons. The summed E-state index contributed by atoms with van der Waals surface area (Å²) in [5, 5.41) is 3.32. The van der Waals surface area contributed by atoms with Crippen LogP contribution in [0.25, 0.3) is 0 Å². The Morgan fingerprint density at radius 1 is 1.37 bits per heavy atom. The molecule has 19 heavy (non-hydrogen) atoms. The summed E-state index contributed by atoms with van der Waals surface area (Å²) in [6, 6.07) is 6.63. The van der Waals surface area contributed by atoms with Crippen LogP contribution in [0.4, 0.5) is 10.5 Å². The number of aryl methyl sites for hydroxylation is 1. The number of amides is 2. The molecule has 1 N–H and O–H groups in total. The number of hydrogen-bond acceptors (Lipinski definition) is 2. The molecule has 5 heteroatoms. The molecule has 0 saturated carbocycles. The molecule has 1 aromatic carbocycles. The van der Waals surface area contributed by atoms with E-state index in [1.807, 2.05) is 21.9 Å². The Kier molecular flexibility index (Phi) is 3.50. The van der Waals surface area contributed by atoms with E-state index in [0.29, 0.717) is 6.04 Å². The van der Waals surface area contributed by atoms with Crippen LogP contribution in [-0.4, -0.2) is 43.2 Å². The van der Waals surface area contributed by atoms with Gasteiger partial charge in [-0.1, -0.05) is 6.07 Å². The molecule has 2 aliphatic heterocycles. The number of rotatable bonds is 2. The van der Waals surface area contributed by atoms with E-state index in [4.69, 9.17) is 0 Å². The van der Waals surface area contributed by atoms with E-state index in [9.17, 15) is 4.79 Å². The number of hydrogen-bond donors (Lipinski definition) is 1. The van der Waals surface area contributed by atoms with Gasteiger partial charge < -0.3 is 10.2 Å². The van der Waals surface area contributed by atoms with Gasteiger partial charge in [0.2, 0.25) is 0 Å². The van der Waals surface area contributed by atoms with Gasteiger partial charge in [-0.05, 0) is 53.5 Å². The molecule has 4 nitrogen and oxygen atoms in total. The number of carbonyl (C=O) groups excluding carboxylic acids is 1. The zero-order valence-corrected chi connectivity index (χ0v) is 12.6. The third-order valence-electron chi connectivity index (χ3n) is 3.91. The molecule has 2 fully saturated rings. The van der Waals surface area contributed by atoms with Gasteiger partial charge in [-0.15, -0.1) is 0 Å². The van der Waals surface area contributed by atoms with E-state index in [2.05, 4.69) is 34.2 Å². The van der Waals surface area contributed by atoms with E-state index in [-0.39, 0.29) is 6.03 Å². The smallest absolute Gasteiger partial charge is 0.318 e. The van der Waals surface area contributed by atoms with Crippen LogP contribution in [0.3, 0.4) is 0 Å². The second kappa shape index (κ2) is 5.13. The fraction of sp³-hybridized carbons (Fsp3) is 0.500. The molecule has 0 bridgehead atoms. The minimum absolute atomic E-state index is 0.137. The molecule has 0 aliphatic carbocycles. The summed E-state index contributed by atoms with van der Waals surface area (Å²) in [6.45, 7) is 5.59. The number of halogens is 1. The zero-order valence-electron chi connectivity index (χ0n) is 11.0. The predicted molar refractivity (Wildman–Crippen MR) is 79.6 cm³/mol. The largest absolute Gasteiger partial charge is 0.324 e. The summed E-state index contributed by atoms with van der Waals surface area (Å²) < 4.78 is 0.993. The molecule has 1 unspecified atom stereocenters. The fourth-order valence-corrected chi connectivity index (χ4v) is 3.56. The predicted octanol–water partition coefficient (Wildman–Crippen LogP) is 2.36. The first-order valence-corrected chi connectivity index (χ1v) is 7.51. The first-order chi connectivity index (χ1) is 9.16. The highest BCUT2D eigenvalue weighted by atomic mass is 79.9. The Balaban J connectivity index is 1.81. The van der Waals surface area contributed by atoms with Gasteiger partial charge in [-0.2, -0.15) is 0 Å². The van der Waals surface area contributed by atoms with E-state index < -0.39 is 0 Å². The zero-order chi connectivity index (χ0) is 13.4. The van der Waals surface area contributed by atoms with Crippen molar-refractivity contribution in [1.82, 2.24) is 10.2 Å². The molecule has 2 aliphatic rings. The van der Waals surface area contributed by atoms with E-state index in [0.717, 1.165) is 42.8 Å². The van der Waals surface area contributed by atoms with Crippen molar-refractivity contribution in [1.29, 1.82) is 0 Å². The normalized spacial score (nSPS) is 23.5. The molecular formula is C14H18BrN3O. The maximum atomic E-state index is 12.5. The van der Waals surface area contributed by atoms with Gasteiger partial charge in [0.1, 0.15) is 0 Å². The first-order valence-electron chi connectivity index (χ1n) is 6.72. The van der Waals surface area contributed by atoms with Crippen LogP contribution < -0.4 is 10.2 Å².